The molecule has 17 heavy (non-hydrogen) atoms. The van der Waals surface area contributed by atoms with Gasteiger partial charge in [-0.25, -0.2) is 0 Å². The Morgan fingerprint density at radius 3 is 2.59 bits per heavy atom. The SMILES string of the molecule is CCOCCN1CC2(CCCC2)NCC1(C)C. The van der Waals surface area contributed by atoms with E-state index in [1.54, 1.807) is 0 Å². The van der Waals surface area contributed by atoms with Gasteiger partial charge in [-0.05, 0) is 33.6 Å². The number of rotatable bonds is 4. The number of nitrogens with zero attached hydrogens (tertiary/aromatic N) is 1. The first kappa shape index (κ1) is 13.3. The molecule has 0 aromatic heterocycles. The lowest BCUT2D eigenvalue weighted by molar-refractivity contribution is 0.00492. The second-order valence-corrected chi connectivity index (χ2v) is 6.27. The highest BCUT2D eigenvalue weighted by molar-refractivity contribution is 5.03. The number of nitrogens with one attached hydrogen (secondary N) is 1. The lowest BCUT2D eigenvalue weighted by atomic mass is 9.87. The molecule has 1 N–H and O–H groups in total. The molecule has 0 atom stereocenters. The summed E-state index contributed by atoms with van der Waals surface area (Å²) in [7, 11) is 0. The van der Waals surface area contributed by atoms with Gasteiger partial charge in [0.2, 0.25) is 0 Å². The Labute approximate surface area is 106 Å². The van der Waals surface area contributed by atoms with E-state index in [0.717, 1.165) is 26.3 Å². The van der Waals surface area contributed by atoms with Crippen LogP contribution in [0.1, 0.15) is 46.5 Å². The second-order valence-electron chi connectivity index (χ2n) is 6.27. The van der Waals surface area contributed by atoms with Gasteiger partial charge in [-0.1, -0.05) is 12.8 Å². The zero-order chi connectivity index (χ0) is 12.4. The first-order valence-electron chi connectivity index (χ1n) is 7.16. The smallest absolute Gasteiger partial charge is 0.0593 e. The largest absolute Gasteiger partial charge is 0.380 e. The second kappa shape index (κ2) is 5.25. The number of piperazine rings is 1. The predicted molar refractivity (Wildman–Crippen MR) is 71.3 cm³/mol. The summed E-state index contributed by atoms with van der Waals surface area (Å²) < 4.78 is 5.52. The molecule has 2 aliphatic rings. The predicted octanol–water partition coefficient (Wildman–Crippen LogP) is 2.02. The summed E-state index contributed by atoms with van der Waals surface area (Å²) in [5.41, 5.74) is 0.687. The van der Waals surface area contributed by atoms with Crippen LogP contribution in [0, 0.1) is 0 Å². The third-order valence-electron chi connectivity index (χ3n) is 4.52. The molecule has 1 aliphatic heterocycles. The molecule has 3 nitrogen and oxygen atoms in total. The van der Waals surface area contributed by atoms with Crippen molar-refractivity contribution in [1.82, 2.24) is 10.2 Å². The maximum Gasteiger partial charge on any atom is 0.0593 e. The van der Waals surface area contributed by atoms with Crippen LogP contribution in [0.2, 0.25) is 0 Å². The average molecular weight is 240 g/mol. The average Bonchev–Trinajstić information content (AvgIpc) is 2.73. The lowest BCUT2D eigenvalue weighted by Crippen LogP contribution is -2.67. The summed E-state index contributed by atoms with van der Waals surface area (Å²) in [6, 6.07) is 0. The van der Waals surface area contributed by atoms with Crippen molar-refractivity contribution < 1.29 is 4.74 Å². The van der Waals surface area contributed by atoms with Crippen LogP contribution in [0.3, 0.4) is 0 Å². The molecule has 3 heteroatoms. The highest BCUT2D eigenvalue weighted by atomic mass is 16.5. The van der Waals surface area contributed by atoms with Gasteiger partial charge in [0.05, 0.1) is 6.61 Å². The minimum atomic E-state index is 0.269. The van der Waals surface area contributed by atoms with Gasteiger partial charge in [0.15, 0.2) is 0 Å². The van der Waals surface area contributed by atoms with Gasteiger partial charge in [0, 0.05) is 37.3 Å². The Hall–Kier alpha value is -0.120. The standard InChI is InChI=1S/C14H28N2O/c1-4-17-10-9-16-12-14(7-5-6-8-14)15-11-13(16,2)3/h15H,4-12H2,1-3H3. The van der Waals surface area contributed by atoms with Gasteiger partial charge >= 0.3 is 0 Å². The molecule has 0 radical (unpaired) electrons. The summed E-state index contributed by atoms with van der Waals surface area (Å²) in [6.45, 7) is 11.8. The van der Waals surface area contributed by atoms with E-state index in [2.05, 4.69) is 31.0 Å². The van der Waals surface area contributed by atoms with E-state index in [1.165, 1.54) is 32.2 Å². The number of ether oxygens (including phenoxy) is 1. The third kappa shape index (κ3) is 3.01. The van der Waals surface area contributed by atoms with Crippen LogP contribution >= 0.6 is 0 Å². The van der Waals surface area contributed by atoms with Crippen molar-refractivity contribution in [2.45, 2.75) is 57.5 Å². The van der Waals surface area contributed by atoms with Gasteiger partial charge in [0.25, 0.3) is 0 Å². The molecule has 0 aromatic carbocycles. The zero-order valence-electron chi connectivity index (χ0n) is 11.7. The highest BCUT2D eigenvalue weighted by Crippen LogP contribution is 2.35. The fourth-order valence-corrected chi connectivity index (χ4v) is 3.24. The van der Waals surface area contributed by atoms with Crippen LogP contribution in [0.15, 0.2) is 0 Å². The zero-order valence-corrected chi connectivity index (χ0v) is 11.7. The first-order chi connectivity index (χ1) is 8.08. The molecule has 100 valence electrons. The van der Waals surface area contributed by atoms with Crippen LogP contribution in [-0.4, -0.2) is 48.8 Å². The topological polar surface area (TPSA) is 24.5 Å². The van der Waals surface area contributed by atoms with E-state index >= 15 is 0 Å². The Balaban J connectivity index is 1.94. The number of hydrogen-bond donors (Lipinski definition) is 1. The lowest BCUT2D eigenvalue weighted by Gasteiger charge is -2.51. The van der Waals surface area contributed by atoms with E-state index in [9.17, 15) is 0 Å². The molecule has 2 fully saturated rings. The summed E-state index contributed by atoms with van der Waals surface area (Å²) in [4.78, 5) is 2.63. The van der Waals surface area contributed by atoms with E-state index in [1.807, 2.05) is 0 Å². The summed E-state index contributed by atoms with van der Waals surface area (Å²) in [5, 5.41) is 3.82. The molecule has 1 saturated carbocycles. The maximum atomic E-state index is 5.52. The van der Waals surface area contributed by atoms with Crippen molar-refractivity contribution in [3.05, 3.63) is 0 Å². The van der Waals surface area contributed by atoms with Crippen molar-refractivity contribution in [3.8, 4) is 0 Å². The van der Waals surface area contributed by atoms with Crippen LogP contribution < -0.4 is 5.32 Å². The van der Waals surface area contributed by atoms with Gasteiger partial charge in [-0.2, -0.15) is 0 Å². The van der Waals surface area contributed by atoms with Crippen molar-refractivity contribution in [2.24, 2.45) is 0 Å². The van der Waals surface area contributed by atoms with Gasteiger partial charge in [-0.15, -0.1) is 0 Å². The van der Waals surface area contributed by atoms with Crippen LogP contribution in [-0.2, 0) is 4.74 Å². The molecule has 2 rings (SSSR count). The van der Waals surface area contributed by atoms with Gasteiger partial charge in [-0.3, -0.25) is 4.90 Å². The summed E-state index contributed by atoms with van der Waals surface area (Å²) >= 11 is 0. The van der Waals surface area contributed by atoms with Crippen molar-refractivity contribution in [3.63, 3.8) is 0 Å². The third-order valence-corrected chi connectivity index (χ3v) is 4.52. The molecule has 0 bridgehead atoms. The highest BCUT2D eigenvalue weighted by Gasteiger charge is 2.43. The fourth-order valence-electron chi connectivity index (χ4n) is 3.24. The normalized spacial score (nSPS) is 27.7. The van der Waals surface area contributed by atoms with E-state index in [-0.39, 0.29) is 5.54 Å². The first-order valence-corrected chi connectivity index (χ1v) is 7.16. The molecular formula is C14H28N2O. The van der Waals surface area contributed by atoms with Crippen LogP contribution in [0.4, 0.5) is 0 Å². The van der Waals surface area contributed by atoms with Crippen LogP contribution in [0.25, 0.3) is 0 Å². The van der Waals surface area contributed by atoms with Crippen LogP contribution in [0.5, 0.6) is 0 Å². The van der Waals surface area contributed by atoms with Gasteiger partial charge < -0.3 is 10.1 Å². The molecule has 1 aliphatic carbocycles. The van der Waals surface area contributed by atoms with Crippen molar-refractivity contribution >= 4 is 0 Å². The van der Waals surface area contributed by atoms with E-state index in [4.69, 9.17) is 4.74 Å². The van der Waals surface area contributed by atoms with Crippen molar-refractivity contribution in [1.29, 1.82) is 0 Å². The summed E-state index contributed by atoms with van der Waals surface area (Å²) in [6.07, 6.45) is 5.50. The Kier molecular flexibility index (Phi) is 4.11. The molecule has 0 amide bonds. The molecule has 0 aromatic rings. The Morgan fingerprint density at radius 2 is 1.94 bits per heavy atom. The van der Waals surface area contributed by atoms with E-state index < -0.39 is 0 Å². The fraction of sp³-hybridized carbons (Fsp3) is 1.00. The Morgan fingerprint density at radius 1 is 1.24 bits per heavy atom. The summed E-state index contributed by atoms with van der Waals surface area (Å²) in [5.74, 6) is 0. The monoisotopic (exact) mass is 240 g/mol. The molecular weight excluding hydrogens is 212 g/mol. The molecule has 1 saturated heterocycles. The molecule has 0 unspecified atom stereocenters. The maximum absolute atomic E-state index is 5.52. The Bertz CT molecular complexity index is 247. The number of hydrogen-bond acceptors (Lipinski definition) is 3. The molecule has 1 spiro atoms. The van der Waals surface area contributed by atoms with E-state index in [0.29, 0.717) is 5.54 Å². The van der Waals surface area contributed by atoms with Crippen molar-refractivity contribution in [2.75, 3.05) is 32.8 Å². The van der Waals surface area contributed by atoms with Gasteiger partial charge in [0.1, 0.15) is 0 Å². The quantitative estimate of drug-likeness (QED) is 0.761. The molecule has 1 heterocycles. The minimum Gasteiger partial charge on any atom is -0.380 e. The minimum absolute atomic E-state index is 0.269.